The molecule has 4 rings (SSSR count). The highest BCUT2D eigenvalue weighted by Gasteiger charge is 2.29. The quantitative estimate of drug-likeness (QED) is 0.728. The number of pyridine rings is 1. The zero-order chi connectivity index (χ0) is 21.1. The summed E-state index contributed by atoms with van der Waals surface area (Å²) >= 11 is 6.14. The third kappa shape index (κ3) is 5.01. The van der Waals surface area contributed by atoms with Gasteiger partial charge in [-0.2, -0.15) is 0 Å². The number of carbonyl (C=O) groups excluding carboxylic acids is 2. The molecule has 0 saturated carbocycles. The van der Waals surface area contributed by atoms with E-state index in [-0.39, 0.29) is 24.3 Å². The monoisotopic (exact) mass is 425 g/mol. The highest BCUT2D eigenvalue weighted by Crippen LogP contribution is 2.28. The van der Waals surface area contributed by atoms with Gasteiger partial charge in [0, 0.05) is 48.4 Å². The van der Waals surface area contributed by atoms with Crippen molar-refractivity contribution in [2.75, 3.05) is 26.2 Å². The summed E-state index contributed by atoms with van der Waals surface area (Å²) in [5.41, 5.74) is 4.44. The number of piperidine rings is 1. The molecule has 0 radical (unpaired) electrons. The fourth-order valence-electron chi connectivity index (χ4n) is 4.54. The maximum Gasteiger partial charge on any atom is 0.242 e. The number of likely N-dealkylation sites (tertiary alicyclic amines) is 2. The van der Waals surface area contributed by atoms with Crippen molar-refractivity contribution in [1.29, 1.82) is 0 Å². The van der Waals surface area contributed by atoms with Crippen molar-refractivity contribution >= 4 is 23.4 Å². The molecule has 30 heavy (non-hydrogen) atoms. The fraction of sp³-hybridized carbons (Fsp3) is 0.458. The average molecular weight is 426 g/mol. The second-order valence-corrected chi connectivity index (χ2v) is 8.88. The molecule has 2 aromatic rings. The number of aryl methyl sites for hydroxylation is 1. The Bertz CT molecular complexity index is 946. The van der Waals surface area contributed by atoms with Crippen LogP contribution in [0.15, 0.2) is 36.4 Å². The Kier molecular flexibility index (Phi) is 6.38. The molecule has 2 saturated heterocycles. The summed E-state index contributed by atoms with van der Waals surface area (Å²) in [5, 5.41) is 0.747. The zero-order valence-electron chi connectivity index (χ0n) is 17.4. The number of aromatic nitrogens is 1. The van der Waals surface area contributed by atoms with E-state index in [4.69, 9.17) is 16.6 Å². The van der Waals surface area contributed by atoms with Crippen molar-refractivity contribution in [2.24, 2.45) is 0 Å². The van der Waals surface area contributed by atoms with Crippen LogP contribution in [-0.4, -0.2) is 52.8 Å². The molecular weight excluding hydrogens is 398 g/mol. The van der Waals surface area contributed by atoms with Crippen LogP contribution in [0, 0.1) is 6.92 Å². The number of amides is 2. The first kappa shape index (κ1) is 20.9. The number of carbonyl (C=O) groups is 2. The summed E-state index contributed by atoms with van der Waals surface area (Å²) in [4.78, 5) is 33.1. The maximum atomic E-state index is 12.8. The van der Waals surface area contributed by atoms with Gasteiger partial charge in [0.05, 0.1) is 6.54 Å². The van der Waals surface area contributed by atoms with Gasteiger partial charge in [-0.05, 0) is 68.0 Å². The molecule has 0 spiro atoms. The Morgan fingerprint density at radius 3 is 2.80 bits per heavy atom. The second-order valence-electron chi connectivity index (χ2n) is 8.45. The second kappa shape index (κ2) is 9.17. The molecule has 1 aromatic heterocycles. The Labute approximate surface area is 183 Å². The third-order valence-corrected chi connectivity index (χ3v) is 6.26. The number of benzene rings is 1. The molecule has 0 bridgehead atoms. The van der Waals surface area contributed by atoms with Gasteiger partial charge < -0.3 is 9.80 Å². The lowest BCUT2D eigenvalue weighted by Crippen LogP contribution is -2.45. The van der Waals surface area contributed by atoms with Gasteiger partial charge in [-0.1, -0.05) is 23.7 Å². The van der Waals surface area contributed by atoms with E-state index in [9.17, 15) is 9.59 Å². The molecule has 6 heteroatoms. The number of hydrogen-bond donors (Lipinski definition) is 0. The molecule has 5 nitrogen and oxygen atoms in total. The molecule has 2 amide bonds. The first-order valence-corrected chi connectivity index (χ1v) is 11.1. The van der Waals surface area contributed by atoms with E-state index in [1.807, 2.05) is 30.0 Å². The van der Waals surface area contributed by atoms with E-state index in [1.54, 1.807) is 4.90 Å². The minimum Gasteiger partial charge on any atom is -0.340 e. The van der Waals surface area contributed by atoms with Crippen LogP contribution in [-0.2, 0) is 16.0 Å². The van der Waals surface area contributed by atoms with Crippen LogP contribution in [0.2, 0.25) is 5.02 Å². The largest absolute Gasteiger partial charge is 0.340 e. The van der Waals surface area contributed by atoms with Crippen molar-refractivity contribution in [2.45, 2.75) is 44.9 Å². The van der Waals surface area contributed by atoms with Crippen LogP contribution in [0.25, 0.3) is 0 Å². The third-order valence-electron chi connectivity index (χ3n) is 6.02. The molecule has 3 heterocycles. The molecule has 0 N–H and O–H groups in total. The predicted molar refractivity (Wildman–Crippen MR) is 118 cm³/mol. The van der Waals surface area contributed by atoms with E-state index in [1.165, 1.54) is 11.1 Å². The van der Waals surface area contributed by atoms with Crippen LogP contribution >= 0.6 is 11.6 Å². The predicted octanol–water partition coefficient (Wildman–Crippen LogP) is 3.96. The van der Waals surface area contributed by atoms with Crippen LogP contribution in [0.3, 0.4) is 0 Å². The molecule has 2 aliphatic rings. The van der Waals surface area contributed by atoms with Gasteiger partial charge in [-0.25, -0.2) is 0 Å². The summed E-state index contributed by atoms with van der Waals surface area (Å²) in [6, 6.07) is 12.2. The first-order chi connectivity index (χ1) is 14.5. The summed E-state index contributed by atoms with van der Waals surface area (Å²) in [7, 11) is 0. The molecule has 1 aromatic carbocycles. The maximum absolute atomic E-state index is 12.8. The van der Waals surface area contributed by atoms with E-state index < -0.39 is 0 Å². The lowest BCUT2D eigenvalue weighted by Gasteiger charge is -2.33. The number of nitrogens with zero attached hydrogens (tertiary/aromatic N) is 3. The lowest BCUT2D eigenvalue weighted by molar-refractivity contribution is -0.139. The van der Waals surface area contributed by atoms with E-state index in [0.717, 1.165) is 48.6 Å². The van der Waals surface area contributed by atoms with Gasteiger partial charge in [-0.15, -0.1) is 0 Å². The van der Waals surface area contributed by atoms with Gasteiger partial charge in [0.15, 0.2) is 0 Å². The van der Waals surface area contributed by atoms with Crippen molar-refractivity contribution in [3.63, 3.8) is 0 Å². The minimum absolute atomic E-state index is 0.0572. The van der Waals surface area contributed by atoms with E-state index in [2.05, 4.69) is 18.2 Å². The van der Waals surface area contributed by atoms with Crippen molar-refractivity contribution < 1.29 is 9.59 Å². The van der Waals surface area contributed by atoms with Gasteiger partial charge in [0.1, 0.15) is 0 Å². The Balaban J connectivity index is 1.45. The van der Waals surface area contributed by atoms with Crippen LogP contribution in [0.4, 0.5) is 0 Å². The SMILES string of the molecule is Cc1cc(Cc2cccc(Cl)c2)cc([C@@H]2CCCN(C(=O)CN3CCCC3=O)C2)n1. The van der Waals surface area contributed by atoms with Gasteiger partial charge in [0.25, 0.3) is 0 Å². The Hall–Kier alpha value is -2.40. The van der Waals surface area contributed by atoms with Crippen LogP contribution < -0.4 is 0 Å². The normalized spacial score (nSPS) is 19.4. The fourth-order valence-corrected chi connectivity index (χ4v) is 4.75. The Morgan fingerprint density at radius 1 is 1.17 bits per heavy atom. The summed E-state index contributed by atoms with van der Waals surface area (Å²) < 4.78 is 0. The smallest absolute Gasteiger partial charge is 0.242 e. The highest BCUT2D eigenvalue weighted by molar-refractivity contribution is 6.30. The van der Waals surface area contributed by atoms with Gasteiger partial charge in [0.2, 0.25) is 11.8 Å². The van der Waals surface area contributed by atoms with Crippen molar-refractivity contribution in [3.8, 4) is 0 Å². The lowest BCUT2D eigenvalue weighted by atomic mass is 9.92. The topological polar surface area (TPSA) is 53.5 Å². The summed E-state index contributed by atoms with van der Waals surface area (Å²) in [6.45, 7) is 4.38. The molecule has 0 unspecified atom stereocenters. The summed E-state index contributed by atoms with van der Waals surface area (Å²) in [6.07, 6.45) is 4.22. The van der Waals surface area contributed by atoms with E-state index in [0.29, 0.717) is 19.5 Å². The number of halogens is 1. The molecule has 2 fully saturated rings. The molecule has 2 aliphatic heterocycles. The average Bonchev–Trinajstić information content (AvgIpc) is 3.12. The van der Waals surface area contributed by atoms with Crippen molar-refractivity contribution in [1.82, 2.24) is 14.8 Å². The zero-order valence-corrected chi connectivity index (χ0v) is 18.2. The first-order valence-electron chi connectivity index (χ1n) is 10.8. The molecular formula is C24H28ClN3O2. The van der Waals surface area contributed by atoms with Crippen molar-refractivity contribution in [3.05, 3.63) is 63.9 Å². The number of hydrogen-bond acceptors (Lipinski definition) is 3. The molecule has 158 valence electrons. The molecule has 0 aliphatic carbocycles. The van der Waals surface area contributed by atoms with Gasteiger partial charge >= 0.3 is 0 Å². The Morgan fingerprint density at radius 2 is 2.03 bits per heavy atom. The number of rotatable bonds is 5. The van der Waals surface area contributed by atoms with Crippen LogP contribution in [0.1, 0.15) is 54.1 Å². The van der Waals surface area contributed by atoms with E-state index >= 15 is 0 Å². The van der Waals surface area contributed by atoms with Crippen LogP contribution in [0.5, 0.6) is 0 Å². The molecule has 1 atom stereocenters. The summed E-state index contributed by atoms with van der Waals surface area (Å²) in [5.74, 6) is 0.389. The van der Waals surface area contributed by atoms with Gasteiger partial charge in [-0.3, -0.25) is 14.6 Å². The minimum atomic E-state index is 0.0572. The highest BCUT2D eigenvalue weighted by atomic mass is 35.5. The standard InChI is InChI=1S/C24H28ClN3O2/c1-17-11-19(12-18-5-2-7-21(25)13-18)14-22(26-17)20-6-3-9-27(15-20)24(30)16-28-10-4-8-23(28)29/h2,5,7,11,13-14,20H,3-4,6,8-10,12,15-16H2,1H3/t20-/m1/s1.